The molecule has 2 saturated heterocycles. The van der Waals surface area contributed by atoms with Crippen LogP contribution in [-0.2, 0) is 14.3 Å². The molecule has 1 amide bonds. The van der Waals surface area contributed by atoms with Gasteiger partial charge in [-0.2, -0.15) is 0 Å². The van der Waals surface area contributed by atoms with E-state index in [0.717, 1.165) is 37.1 Å². The van der Waals surface area contributed by atoms with Gasteiger partial charge in [0.1, 0.15) is 5.75 Å². The van der Waals surface area contributed by atoms with Crippen molar-refractivity contribution in [1.29, 1.82) is 0 Å². The fourth-order valence-electron chi connectivity index (χ4n) is 3.69. The van der Waals surface area contributed by atoms with Crippen LogP contribution in [0.2, 0.25) is 0 Å². The van der Waals surface area contributed by atoms with E-state index in [2.05, 4.69) is 32.0 Å². The summed E-state index contributed by atoms with van der Waals surface area (Å²) in [5.74, 6) is 1.23. The predicted octanol–water partition coefficient (Wildman–Crippen LogP) is 3.64. The molecular weight excluding hydrogens is 330 g/mol. The van der Waals surface area contributed by atoms with Gasteiger partial charge in [0.15, 0.2) is 12.4 Å². The van der Waals surface area contributed by atoms with Gasteiger partial charge in [-0.15, -0.1) is 0 Å². The summed E-state index contributed by atoms with van der Waals surface area (Å²) in [5.41, 5.74) is 2.26. The van der Waals surface area contributed by atoms with Crippen LogP contribution in [0.3, 0.4) is 0 Å². The lowest BCUT2D eigenvalue weighted by Crippen LogP contribution is -2.53. The lowest BCUT2D eigenvalue weighted by atomic mass is 10.0. The molecule has 0 spiro atoms. The molecule has 5 nitrogen and oxygen atoms in total. The van der Waals surface area contributed by atoms with E-state index < -0.39 is 6.10 Å². The summed E-state index contributed by atoms with van der Waals surface area (Å²) in [6, 6.07) is 6.23. The maximum absolute atomic E-state index is 13.1. The average molecular weight is 361 g/mol. The highest BCUT2D eigenvalue weighted by atomic mass is 16.7. The number of hydrogen-bond donors (Lipinski definition) is 0. The zero-order chi connectivity index (χ0) is 18.7. The Morgan fingerprint density at radius 3 is 2.62 bits per heavy atom. The molecule has 2 heterocycles. The van der Waals surface area contributed by atoms with E-state index in [1.54, 1.807) is 0 Å². The van der Waals surface area contributed by atoms with E-state index in [-0.39, 0.29) is 18.2 Å². The number of nitrogens with zero attached hydrogens (tertiary/aromatic N) is 1. The van der Waals surface area contributed by atoms with E-state index in [1.807, 2.05) is 18.7 Å². The van der Waals surface area contributed by atoms with Gasteiger partial charge in [-0.1, -0.05) is 26.0 Å². The Hall–Kier alpha value is -1.59. The van der Waals surface area contributed by atoms with Gasteiger partial charge in [0.05, 0.1) is 19.3 Å². The fraction of sp³-hybridized carbons (Fsp3) is 0.667. The molecule has 26 heavy (non-hydrogen) atoms. The quantitative estimate of drug-likeness (QED) is 0.803. The first-order chi connectivity index (χ1) is 12.5. The number of likely N-dealkylation sites (tertiary alicyclic amines) is 1. The molecule has 144 valence electrons. The van der Waals surface area contributed by atoms with Crippen LogP contribution in [0.15, 0.2) is 18.2 Å². The molecule has 3 rings (SSSR count). The van der Waals surface area contributed by atoms with Crippen LogP contribution >= 0.6 is 0 Å². The number of hydrogen-bond acceptors (Lipinski definition) is 4. The van der Waals surface area contributed by atoms with Crippen LogP contribution in [0.4, 0.5) is 0 Å². The van der Waals surface area contributed by atoms with Crippen molar-refractivity contribution in [2.24, 2.45) is 0 Å². The van der Waals surface area contributed by atoms with Crippen molar-refractivity contribution in [1.82, 2.24) is 4.90 Å². The van der Waals surface area contributed by atoms with E-state index >= 15 is 0 Å². The van der Waals surface area contributed by atoms with Crippen molar-refractivity contribution in [2.45, 2.75) is 71.3 Å². The number of ether oxygens (including phenoxy) is 3. The second-order valence-corrected chi connectivity index (χ2v) is 7.64. The SMILES string of the molecule is Cc1ccc(C(C)C)cc1OC(C)C(=O)N1CCCCC1C1OCCO1. The van der Waals surface area contributed by atoms with E-state index in [4.69, 9.17) is 14.2 Å². The number of aryl methyl sites for hydroxylation is 1. The van der Waals surface area contributed by atoms with Gasteiger partial charge in [-0.3, -0.25) is 4.79 Å². The molecule has 5 heteroatoms. The minimum absolute atomic E-state index is 0.00658. The molecule has 0 aliphatic carbocycles. The van der Waals surface area contributed by atoms with Gasteiger partial charge in [0, 0.05) is 6.54 Å². The van der Waals surface area contributed by atoms with E-state index in [0.29, 0.717) is 19.1 Å². The van der Waals surface area contributed by atoms with Crippen molar-refractivity contribution in [3.8, 4) is 5.75 Å². The summed E-state index contributed by atoms with van der Waals surface area (Å²) in [6.45, 7) is 10.1. The van der Waals surface area contributed by atoms with Gasteiger partial charge in [-0.05, 0) is 56.2 Å². The Balaban J connectivity index is 1.71. The molecule has 2 aliphatic rings. The Morgan fingerprint density at radius 2 is 1.92 bits per heavy atom. The topological polar surface area (TPSA) is 48.0 Å². The maximum atomic E-state index is 13.1. The Morgan fingerprint density at radius 1 is 1.19 bits per heavy atom. The highest BCUT2D eigenvalue weighted by molar-refractivity contribution is 5.81. The van der Waals surface area contributed by atoms with Crippen molar-refractivity contribution in [3.63, 3.8) is 0 Å². The lowest BCUT2D eigenvalue weighted by Gasteiger charge is -2.39. The van der Waals surface area contributed by atoms with Crippen LogP contribution < -0.4 is 4.74 Å². The second kappa shape index (κ2) is 8.40. The first-order valence-corrected chi connectivity index (χ1v) is 9.78. The van der Waals surface area contributed by atoms with Gasteiger partial charge in [0.25, 0.3) is 5.91 Å². The molecular formula is C21H31NO4. The number of rotatable bonds is 5. The third kappa shape index (κ3) is 4.21. The molecule has 2 fully saturated rings. The Labute approximate surface area is 156 Å². The fourth-order valence-corrected chi connectivity index (χ4v) is 3.69. The van der Waals surface area contributed by atoms with Gasteiger partial charge in [0.2, 0.25) is 0 Å². The summed E-state index contributed by atoms with van der Waals surface area (Å²) in [7, 11) is 0. The third-order valence-electron chi connectivity index (χ3n) is 5.32. The smallest absolute Gasteiger partial charge is 0.263 e. The van der Waals surface area contributed by atoms with Crippen molar-refractivity contribution in [2.75, 3.05) is 19.8 Å². The van der Waals surface area contributed by atoms with Gasteiger partial charge in [-0.25, -0.2) is 0 Å². The monoisotopic (exact) mass is 361 g/mol. The first kappa shape index (κ1) is 19.2. The van der Waals surface area contributed by atoms with Crippen LogP contribution in [-0.4, -0.2) is 49.0 Å². The van der Waals surface area contributed by atoms with Gasteiger partial charge < -0.3 is 19.1 Å². The highest BCUT2D eigenvalue weighted by Crippen LogP contribution is 2.28. The van der Waals surface area contributed by atoms with Crippen LogP contribution in [0, 0.1) is 6.92 Å². The largest absolute Gasteiger partial charge is 0.481 e. The lowest BCUT2D eigenvalue weighted by molar-refractivity contribution is -0.156. The number of piperidine rings is 1. The first-order valence-electron chi connectivity index (χ1n) is 9.78. The average Bonchev–Trinajstić information content (AvgIpc) is 3.17. The molecule has 2 unspecified atom stereocenters. The zero-order valence-electron chi connectivity index (χ0n) is 16.4. The molecule has 0 saturated carbocycles. The van der Waals surface area contributed by atoms with Crippen LogP contribution in [0.5, 0.6) is 5.75 Å². The third-order valence-corrected chi connectivity index (χ3v) is 5.32. The van der Waals surface area contributed by atoms with Crippen molar-refractivity contribution >= 4 is 5.91 Å². The van der Waals surface area contributed by atoms with Crippen LogP contribution in [0.1, 0.15) is 57.1 Å². The minimum Gasteiger partial charge on any atom is -0.481 e. The van der Waals surface area contributed by atoms with E-state index in [9.17, 15) is 4.79 Å². The standard InChI is InChI=1S/C21H31NO4/c1-14(2)17-9-8-15(3)19(13-17)26-16(4)20(23)22-10-6-5-7-18(22)21-24-11-12-25-21/h8-9,13-14,16,18,21H,5-7,10-12H2,1-4H3. The number of amides is 1. The summed E-state index contributed by atoms with van der Waals surface area (Å²) < 4.78 is 17.4. The molecule has 0 radical (unpaired) electrons. The van der Waals surface area contributed by atoms with Crippen molar-refractivity contribution in [3.05, 3.63) is 29.3 Å². The summed E-state index contributed by atoms with van der Waals surface area (Å²) >= 11 is 0. The summed E-state index contributed by atoms with van der Waals surface area (Å²) in [5, 5.41) is 0. The Bertz CT molecular complexity index is 624. The number of carbonyl (C=O) groups is 1. The molecule has 2 aliphatic heterocycles. The molecule has 1 aromatic rings. The van der Waals surface area contributed by atoms with Gasteiger partial charge >= 0.3 is 0 Å². The number of benzene rings is 1. The molecule has 0 aromatic heterocycles. The zero-order valence-corrected chi connectivity index (χ0v) is 16.4. The molecule has 2 atom stereocenters. The summed E-state index contributed by atoms with van der Waals surface area (Å²) in [4.78, 5) is 15.0. The van der Waals surface area contributed by atoms with E-state index in [1.165, 1.54) is 5.56 Å². The molecule has 1 aromatic carbocycles. The van der Waals surface area contributed by atoms with Crippen LogP contribution in [0.25, 0.3) is 0 Å². The maximum Gasteiger partial charge on any atom is 0.263 e. The second-order valence-electron chi connectivity index (χ2n) is 7.64. The normalized spacial score (nSPS) is 22.7. The Kier molecular flexibility index (Phi) is 6.20. The highest BCUT2D eigenvalue weighted by Gasteiger charge is 2.38. The predicted molar refractivity (Wildman–Crippen MR) is 100 cm³/mol. The minimum atomic E-state index is -0.530. The summed E-state index contributed by atoms with van der Waals surface area (Å²) in [6.07, 6.45) is 2.22. The molecule has 0 bridgehead atoms. The number of carbonyl (C=O) groups excluding carboxylic acids is 1. The molecule has 0 N–H and O–H groups in total. The van der Waals surface area contributed by atoms with Crippen molar-refractivity contribution < 1.29 is 19.0 Å².